The third-order valence-electron chi connectivity index (χ3n) is 3.52. The van der Waals surface area contributed by atoms with Crippen molar-refractivity contribution in [3.05, 3.63) is 35.5 Å². The minimum Gasteiger partial charge on any atom is -0.358 e. The van der Waals surface area contributed by atoms with Crippen LogP contribution in [0.4, 0.5) is 0 Å². The average molecular weight is 259 g/mol. The van der Waals surface area contributed by atoms with E-state index in [-0.39, 0.29) is 5.54 Å². The number of nitrogens with one attached hydrogen (secondary N) is 2. The molecule has 0 aliphatic heterocycles. The first-order valence-electron chi connectivity index (χ1n) is 7.03. The van der Waals surface area contributed by atoms with Crippen molar-refractivity contribution in [2.75, 3.05) is 13.1 Å². The molecule has 3 nitrogen and oxygen atoms in total. The van der Waals surface area contributed by atoms with Crippen LogP contribution >= 0.6 is 0 Å². The first-order chi connectivity index (χ1) is 8.97. The van der Waals surface area contributed by atoms with Crippen LogP contribution in [-0.2, 0) is 6.42 Å². The molecule has 0 fully saturated rings. The van der Waals surface area contributed by atoms with Crippen molar-refractivity contribution in [3.8, 4) is 0 Å². The number of aromatic nitrogens is 1. The number of para-hydroxylation sites is 1. The van der Waals surface area contributed by atoms with Gasteiger partial charge in [0.05, 0.1) is 0 Å². The standard InChI is InChI=1S/C16H25N3/c1-12-13(8-10-18-11-9-16(2,3)17)14-6-4-5-7-15(14)19-12/h4-7,18-19H,8-11,17H2,1-3H3. The van der Waals surface area contributed by atoms with E-state index in [9.17, 15) is 0 Å². The summed E-state index contributed by atoms with van der Waals surface area (Å²) in [5, 5.41) is 4.83. The highest BCUT2D eigenvalue weighted by atomic mass is 14.9. The molecule has 0 aliphatic rings. The number of aryl methyl sites for hydroxylation is 1. The molecular formula is C16H25N3. The Kier molecular flexibility index (Phi) is 4.27. The van der Waals surface area contributed by atoms with E-state index in [1.807, 2.05) is 0 Å². The van der Waals surface area contributed by atoms with Crippen molar-refractivity contribution in [2.45, 2.75) is 39.2 Å². The molecule has 1 aromatic carbocycles. The van der Waals surface area contributed by atoms with E-state index < -0.39 is 0 Å². The summed E-state index contributed by atoms with van der Waals surface area (Å²) in [7, 11) is 0. The highest BCUT2D eigenvalue weighted by Gasteiger charge is 2.10. The van der Waals surface area contributed by atoms with Crippen molar-refractivity contribution in [1.29, 1.82) is 0 Å². The number of nitrogens with two attached hydrogens (primary N) is 1. The summed E-state index contributed by atoms with van der Waals surface area (Å²) in [4.78, 5) is 3.44. The SMILES string of the molecule is Cc1[nH]c2ccccc2c1CCNCCC(C)(C)N. The summed E-state index contributed by atoms with van der Waals surface area (Å²) in [5.41, 5.74) is 9.83. The molecule has 0 aliphatic carbocycles. The summed E-state index contributed by atoms with van der Waals surface area (Å²) >= 11 is 0. The molecule has 0 spiro atoms. The van der Waals surface area contributed by atoms with Gasteiger partial charge in [-0.1, -0.05) is 18.2 Å². The zero-order valence-corrected chi connectivity index (χ0v) is 12.2. The molecular weight excluding hydrogens is 234 g/mol. The van der Waals surface area contributed by atoms with Gasteiger partial charge >= 0.3 is 0 Å². The van der Waals surface area contributed by atoms with Gasteiger partial charge in [-0.3, -0.25) is 0 Å². The molecule has 2 aromatic rings. The second kappa shape index (κ2) is 5.76. The molecule has 0 saturated heterocycles. The van der Waals surface area contributed by atoms with Gasteiger partial charge in [0.1, 0.15) is 0 Å². The summed E-state index contributed by atoms with van der Waals surface area (Å²) < 4.78 is 0. The smallest absolute Gasteiger partial charge is 0.0458 e. The second-order valence-electron chi connectivity index (χ2n) is 6.01. The zero-order chi connectivity index (χ0) is 13.9. The third-order valence-corrected chi connectivity index (χ3v) is 3.52. The molecule has 0 radical (unpaired) electrons. The lowest BCUT2D eigenvalue weighted by Gasteiger charge is -2.18. The molecule has 0 amide bonds. The first-order valence-corrected chi connectivity index (χ1v) is 7.03. The van der Waals surface area contributed by atoms with Crippen LogP contribution < -0.4 is 11.1 Å². The van der Waals surface area contributed by atoms with Gasteiger partial charge in [0.2, 0.25) is 0 Å². The van der Waals surface area contributed by atoms with Crippen LogP contribution in [0, 0.1) is 6.92 Å². The van der Waals surface area contributed by atoms with Crippen LogP contribution in [0.5, 0.6) is 0 Å². The van der Waals surface area contributed by atoms with Gasteiger partial charge in [-0.15, -0.1) is 0 Å². The Balaban J connectivity index is 1.90. The van der Waals surface area contributed by atoms with Crippen molar-refractivity contribution < 1.29 is 0 Å². The lowest BCUT2D eigenvalue weighted by molar-refractivity contribution is 0.456. The number of benzene rings is 1. The van der Waals surface area contributed by atoms with Gasteiger partial charge in [-0.2, -0.15) is 0 Å². The molecule has 0 atom stereocenters. The second-order valence-corrected chi connectivity index (χ2v) is 6.01. The molecule has 3 heteroatoms. The van der Waals surface area contributed by atoms with Crippen molar-refractivity contribution in [1.82, 2.24) is 10.3 Å². The topological polar surface area (TPSA) is 53.8 Å². The summed E-state index contributed by atoms with van der Waals surface area (Å²) in [5.74, 6) is 0. The Bertz CT molecular complexity index is 534. The maximum atomic E-state index is 5.97. The average Bonchev–Trinajstić information content (AvgIpc) is 2.64. The number of hydrogen-bond donors (Lipinski definition) is 3. The molecule has 1 aromatic heterocycles. The third kappa shape index (κ3) is 3.82. The molecule has 104 valence electrons. The van der Waals surface area contributed by atoms with E-state index in [1.54, 1.807) is 0 Å². The van der Waals surface area contributed by atoms with Crippen LogP contribution in [0.25, 0.3) is 10.9 Å². The van der Waals surface area contributed by atoms with Gasteiger partial charge in [-0.05, 0) is 58.3 Å². The molecule has 2 rings (SSSR count). The van der Waals surface area contributed by atoms with Gasteiger partial charge in [0.15, 0.2) is 0 Å². The fraction of sp³-hybridized carbons (Fsp3) is 0.500. The predicted octanol–water partition coefficient (Wildman–Crippen LogP) is 2.74. The van der Waals surface area contributed by atoms with E-state index in [0.717, 1.165) is 25.9 Å². The fourth-order valence-electron chi connectivity index (χ4n) is 2.41. The summed E-state index contributed by atoms with van der Waals surface area (Å²) in [6, 6.07) is 8.50. The van der Waals surface area contributed by atoms with Crippen LogP contribution in [0.1, 0.15) is 31.5 Å². The lowest BCUT2D eigenvalue weighted by atomic mass is 10.0. The van der Waals surface area contributed by atoms with Crippen LogP contribution in [0.3, 0.4) is 0 Å². The monoisotopic (exact) mass is 259 g/mol. The van der Waals surface area contributed by atoms with Crippen molar-refractivity contribution in [2.24, 2.45) is 5.73 Å². The Morgan fingerprint density at radius 3 is 2.68 bits per heavy atom. The number of rotatable bonds is 6. The van der Waals surface area contributed by atoms with Gasteiger partial charge in [0, 0.05) is 22.1 Å². The van der Waals surface area contributed by atoms with Crippen LogP contribution in [-0.4, -0.2) is 23.6 Å². The maximum Gasteiger partial charge on any atom is 0.0458 e. The van der Waals surface area contributed by atoms with E-state index >= 15 is 0 Å². The van der Waals surface area contributed by atoms with Crippen LogP contribution in [0.2, 0.25) is 0 Å². The Labute approximate surface area is 115 Å². The van der Waals surface area contributed by atoms with Gasteiger partial charge in [-0.25, -0.2) is 0 Å². The number of fused-ring (bicyclic) bond motifs is 1. The quantitative estimate of drug-likeness (QED) is 0.699. The molecule has 0 saturated carbocycles. The highest BCUT2D eigenvalue weighted by Crippen LogP contribution is 2.21. The normalized spacial score (nSPS) is 12.2. The minimum atomic E-state index is -0.0797. The van der Waals surface area contributed by atoms with Crippen LogP contribution in [0.15, 0.2) is 24.3 Å². The largest absolute Gasteiger partial charge is 0.358 e. The van der Waals surface area contributed by atoms with Crippen molar-refractivity contribution >= 4 is 10.9 Å². The molecule has 19 heavy (non-hydrogen) atoms. The Morgan fingerprint density at radius 2 is 1.95 bits per heavy atom. The number of hydrogen-bond acceptors (Lipinski definition) is 2. The van der Waals surface area contributed by atoms with E-state index in [0.29, 0.717) is 0 Å². The zero-order valence-electron chi connectivity index (χ0n) is 12.2. The highest BCUT2D eigenvalue weighted by molar-refractivity contribution is 5.84. The van der Waals surface area contributed by atoms with E-state index in [4.69, 9.17) is 5.73 Å². The number of aromatic amines is 1. The molecule has 1 heterocycles. The molecule has 4 N–H and O–H groups in total. The Hall–Kier alpha value is -1.32. The number of H-pyrrole nitrogens is 1. The summed E-state index contributed by atoms with van der Waals surface area (Å²) in [6.45, 7) is 8.26. The maximum absolute atomic E-state index is 5.97. The van der Waals surface area contributed by atoms with Gasteiger partial charge < -0.3 is 16.0 Å². The molecule has 0 unspecified atom stereocenters. The summed E-state index contributed by atoms with van der Waals surface area (Å²) in [6.07, 6.45) is 2.06. The fourth-order valence-corrected chi connectivity index (χ4v) is 2.41. The first kappa shape index (κ1) is 14.1. The Morgan fingerprint density at radius 1 is 1.21 bits per heavy atom. The lowest BCUT2D eigenvalue weighted by Crippen LogP contribution is -2.36. The molecule has 0 bridgehead atoms. The van der Waals surface area contributed by atoms with E-state index in [1.165, 1.54) is 22.2 Å². The van der Waals surface area contributed by atoms with Crippen molar-refractivity contribution in [3.63, 3.8) is 0 Å². The minimum absolute atomic E-state index is 0.0797. The predicted molar refractivity (Wildman–Crippen MR) is 82.5 cm³/mol. The van der Waals surface area contributed by atoms with Gasteiger partial charge in [0.25, 0.3) is 0 Å². The van der Waals surface area contributed by atoms with E-state index in [2.05, 4.69) is 55.3 Å².